The van der Waals surface area contributed by atoms with E-state index in [1.807, 2.05) is 6.92 Å². The number of thiazole rings is 1. The van der Waals surface area contributed by atoms with E-state index < -0.39 is 0 Å². The van der Waals surface area contributed by atoms with Crippen LogP contribution in [0, 0.1) is 20.8 Å². The Kier molecular flexibility index (Phi) is 4.83. The largest absolute Gasteiger partial charge is 0.310 e. The molecule has 0 aliphatic carbocycles. The fourth-order valence-electron chi connectivity index (χ4n) is 2.10. The number of hydrogen-bond acceptors (Lipinski definition) is 5. The summed E-state index contributed by atoms with van der Waals surface area (Å²) in [6, 6.07) is 0.464. The zero-order valence-corrected chi connectivity index (χ0v) is 13.6. The van der Waals surface area contributed by atoms with Crippen LogP contribution in [0.2, 0.25) is 0 Å². The van der Waals surface area contributed by atoms with Crippen LogP contribution in [-0.4, -0.2) is 21.0 Å². The van der Waals surface area contributed by atoms with E-state index in [0.29, 0.717) is 12.5 Å². The molecule has 0 atom stereocenters. The van der Waals surface area contributed by atoms with Gasteiger partial charge in [0.15, 0.2) is 0 Å². The van der Waals surface area contributed by atoms with Crippen molar-refractivity contribution in [3.8, 4) is 0 Å². The van der Waals surface area contributed by atoms with E-state index >= 15 is 0 Å². The molecular weight excluding hydrogens is 268 g/mol. The smallest absolute Gasteiger partial charge is 0.134 e. The minimum absolute atomic E-state index is 0.464. The first-order valence-corrected chi connectivity index (χ1v) is 7.81. The van der Waals surface area contributed by atoms with Gasteiger partial charge in [-0.1, -0.05) is 13.8 Å². The average Bonchev–Trinajstić information content (AvgIpc) is 2.73. The third-order valence-electron chi connectivity index (χ3n) is 3.16. The Hall–Kier alpha value is -1.33. The summed E-state index contributed by atoms with van der Waals surface area (Å²) in [5, 5.41) is 6.60. The summed E-state index contributed by atoms with van der Waals surface area (Å²) in [6.07, 6.45) is 0.712. The molecule has 20 heavy (non-hydrogen) atoms. The van der Waals surface area contributed by atoms with Gasteiger partial charge in [-0.05, 0) is 20.8 Å². The molecule has 0 aromatic carbocycles. The van der Waals surface area contributed by atoms with E-state index in [9.17, 15) is 0 Å². The summed E-state index contributed by atoms with van der Waals surface area (Å²) < 4.78 is 0. The lowest BCUT2D eigenvalue weighted by molar-refractivity contribution is 0.582. The van der Waals surface area contributed by atoms with Crippen LogP contribution in [0.25, 0.3) is 0 Å². The molecule has 0 radical (unpaired) electrons. The minimum Gasteiger partial charge on any atom is -0.310 e. The molecule has 0 aliphatic heterocycles. The SMILES string of the molecule is Cc1nc(Cc2nc(C)c(CNC(C)C)c(C)n2)cs1. The number of aryl methyl sites for hydroxylation is 3. The summed E-state index contributed by atoms with van der Waals surface area (Å²) in [5.74, 6) is 0.860. The summed E-state index contributed by atoms with van der Waals surface area (Å²) in [6.45, 7) is 11.2. The first-order chi connectivity index (χ1) is 9.45. The molecular formula is C15H22N4S. The lowest BCUT2D eigenvalue weighted by atomic mass is 10.1. The van der Waals surface area contributed by atoms with Gasteiger partial charge in [0.05, 0.1) is 17.1 Å². The highest BCUT2D eigenvalue weighted by Crippen LogP contribution is 2.14. The normalized spacial score (nSPS) is 11.3. The van der Waals surface area contributed by atoms with Crippen LogP contribution in [0.15, 0.2) is 5.38 Å². The molecule has 4 nitrogen and oxygen atoms in total. The number of aromatic nitrogens is 3. The maximum atomic E-state index is 4.63. The molecule has 2 aromatic rings. The Morgan fingerprint density at radius 3 is 2.25 bits per heavy atom. The van der Waals surface area contributed by atoms with Crippen molar-refractivity contribution in [2.75, 3.05) is 0 Å². The number of nitrogens with one attached hydrogen (secondary N) is 1. The maximum Gasteiger partial charge on any atom is 0.134 e. The second kappa shape index (κ2) is 6.41. The summed E-state index contributed by atoms with van der Waals surface area (Å²) in [7, 11) is 0. The van der Waals surface area contributed by atoms with Crippen LogP contribution in [0.4, 0.5) is 0 Å². The van der Waals surface area contributed by atoms with E-state index in [1.54, 1.807) is 11.3 Å². The van der Waals surface area contributed by atoms with Gasteiger partial charge in [0.2, 0.25) is 0 Å². The highest BCUT2D eigenvalue weighted by molar-refractivity contribution is 7.09. The minimum atomic E-state index is 0.464. The van der Waals surface area contributed by atoms with Gasteiger partial charge in [0, 0.05) is 34.9 Å². The summed E-state index contributed by atoms with van der Waals surface area (Å²) in [5.41, 5.74) is 4.39. The first kappa shape index (κ1) is 15.1. The molecule has 0 aliphatic rings. The summed E-state index contributed by atoms with van der Waals surface area (Å²) in [4.78, 5) is 13.7. The van der Waals surface area contributed by atoms with Crippen molar-refractivity contribution in [1.29, 1.82) is 0 Å². The van der Waals surface area contributed by atoms with E-state index in [-0.39, 0.29) is 0 Å². The lowest BCUT2D eigenvalue weighted by Gasteiger charge is -2.13. The van der Waals surface area contributed by atoms with Crippen molar-refractivity contribution in [2.45, 2.75) is 53.6 Å². The number of hydrogen-bond donors (Lipinski definition) is 1. The van der Waals surface area contributed by atoms with Gasteiger partial charge in [0.1, 0.15) is 5.82 Å². The van der Waals surface area contributed by atoms with Crippen LogP contribution in [-0.2, 0) is 13.0 Å². The van der Waals surface area contributed by atoms with Crippen LogP contribution in [0.5, 0.6) is 0 Å². The lowest BCUT2D eigenvalue weighted by Crippen LogP contribution is -2.23. The van der Waals surface area contributed by atoms with Gasteiger partial charge in [-0.2, -0.15) is 0 Å². The van der Waals surface area contributed by atoms with Gasteiger partial charge in [-0.3, -0.25) is 0 Å². The fourth-order valence-corrected chi connectivity index (χ4v) is 2.71. The predicted octanol–water partition coefficient (Wildman–Crippen LogP) is 2.95. The van der Waals surface area contributed by atoms with Gasteiger partial charge in [-0.25, -0.2) is 15.0 Å². The van der Waals surface area contributed by atoms with Gasteiger partial charge >= 0.3 is 0 Å². The van der Waals surface area contributed by atoms with Crippen molar-refractivity contribution in [3.63, 3.8) is 0 Å². The monoisotopic (exact) mass is 290 g/mol. The fraction of sp³-hybridized carbons (Fsp3) is 0.533. The molecule has 2 rings (SSSR count). The highest BCUT2D eigenvalue weighted by atomic mass is 32.1. The highest BCUT2D eigenvalue weighted by Gasteiger charge is 2.10. The Bertz CT molecular complexity index is 566. The van der Waals surface area contributed by atoms with Gasteiger partial charge < -0.3 is 5.32 Å². The average molecular weight is 290 g/mol. The van der Waals surface area contributed by atoms with E-state index in [1.165, 1.54) is 5.56 Å². The molecule has 2 heterocycles. The molecule has 108 valence electrons. The topological polar surface area (TPSA) is 50.7 Å². The zero-order valence-electron chi connectivity index (χ0n) is 12.8. The Balaban J connectivity index is 2.16. The standard InChI is InChI=1S/C15H22N4S/c1-9(2)16-7-14-10(3)17-15(18-11(14)4)6-13-8-20-12(5)19-13/h8-9,16H,6-7H2,1-5H3. The molecule has 0 saturated carbocycles. The van der Waals surface area contributed by atoms with Crippen molar-refractivity contribution in [3.05, 3.63) is 38.9 Å². The Morgan fingerprint density at radius 1 is 1.10 bits per heavy atom. The van der Waals surface area contributed by atoms with E-state index in [0.717, 1.165) is 34.5 Å². The molecule has 0 unspecified atom stereocenters. The van der Waals surface area contributed by atoms with Crippen molar-refractivity contribution >= 4 is 11.3 Å². The molecule has 0 amide bonds. The van der Waals surface area contributed by atoms with Gasteiger partial charge in [-0.15, -0.1) is 11.3 Å². The predicted molar refractivity (Wildman–Crippen MR) is 83.1 cm³/mol. The molecule has 0 spiro atoms. The Morgan fingerprint density at radius 2 is 1.75 bits per heavy atom. The van der Waals surface area contributed by atoms with Crippen molar-refractivity contribution in [2.24, 2.45) is 0 Å². The number of nitrogens with zero attached hydrogens (tertiary/aromatic N) is 3. The number of rotatable bonds is 5. The van der Waals surface area contributed by atoms with Crippen LogP contribution in [0.1, 0.15) is 47.3 Å². The van der Waals surface area contributed by atoms with Crippen molar-refractivity contribution < 1.29 is 0 Å². The third kappa shape index (κ3) is 3.84. The third-order valence-corrected chi connectivity index (χ3v) is 3.98. The zero-order chi connectivity index (χ0) is 14.7. The van der Waals surface area contributed by atoms with Crippen LogP contribution < -0.4 is 5.32 Å². The molecule has 2 aromatic heterocycles. The van der Waals surface area contributed by atoms with Crippen LogP contribution in [0.3, 0.4) is 0 Å². The quantitative estimate of drug-likeness (QED) is 0.920. The van der Waals surface area contributed by atoms with E-state index in [4.69, 9.17) is 0 Å². The molecule has 0 bridgehead atoms. The second-order valence-electron chi connectivity index (χ2n) is 5.36. The van der Waals surface area contributed by atoms with Gasteiger partial charge in [0.25, 0.3) is 0 Å². The van der Waals surface area contributed by atoms with Crippen molar-refractivity contribution in [1.82, 2.24) is 20.3 Å². The maximum absolute atomic E-state index is 4.63. The van der Waals surface area contributed by atoms with E-state index in [2.05, 4.69) is 53.3 Å². The summed E-state index contributed by atoms with van der Waals surface area (Å²) >= 11 is 1.67. The Labute approximate surface area is 124 Å². The molecule has 0 saturated heterocycles. The molecule has 0 fully saturated rings. The van der Waals surface area contributed by atoms with Crippen LogP contribution >= 0.6 is 11.3 Å². The molecule has 1 N–H and O–H groups in total. The first-order valence-electron chi connectivity index (χ1n) is 6.93. The second-order valence-corrected chi connectivity index (χ2v) is 6.42. The molecule has 5 heteroatoms.